The molecule has 0 spiro atoms. The van der Waals surface area contributed by atoms with Gasteiger partial charge in [0.15, 0.2) is 0 Å². The molecule has 1 aliphatic heterocycles. The van der Waals surface area contributed by atoms with Gasteiger partial charge in [-0.2, -0.15) is 0 Å². The predicted molar refractivity (Wildman–Crippen MR) is 101 cm³/mol. The second kappa shape index (κ2) is 6.67. The Bertz CT molecular complexity index is 971. The summed E-state index contributed by atoms with van der Waals surface area (Å²) in [6, 6.07) is 16.0. The molecule has 132 valence electrons. The molecule has 4 rings (SSSR count). The van der Waals surface area contributed by atoms with Crippen LogP contribution < -0.4 is 5.32 Å². The van der Waals surface area contributed by atoms with Crippen molar-refractivity contribution in [1.82, 2.24) is 15.2 Å². The molecule has 0 unspecified atom stereocenters. The molecule has 2 amide bonds. The molecule has 5 heteroatoms. The summed E-state index contributed by atoms with van der Waals surface area (Å²) in [4.78, 5) is 29.5. The van der Waals surface area contributed by atoms with E-state index in [1.807, 2.05) is 30.0 Å². The summed E-state index contributed by atoms with van der Waals surface area (Å²) in [5, 5.41) is 5.29. The molecule has 3 aromatic rings. The van der Waals surface area contributed by atoms with E-state index >= 15 is 0 Å². The Morgan fingerprint density at radius 1 is 1.23 bits per heavy atom. The van der Waals surface area contributed by atoms with Gasteiger partial charge in [0.05, 0.1) is 6.04 Å². The summed E-state index contributed by atoms with van der Waals surface area (Å²) < 4.78 is 0. The SMILES string of the molecule is Cc1c[nH]c(C(=O)N[C@@H]2CC(=O)N(Cc3cccc4ccccc34)C2)c1. The molecule has 0 aliphatic carbocycles. The quantitative estimate of drug-likeness (QED) is 0.762. The molecule has 1 atom stereocenters. The molecule has 2 heterocycles. The number of hydrogen-bond acceptors (Lipinski definition) is 2. The number of fused-ring (bicyclic) bond motifs is 1. The summed E-state index contributed by atoms with van der Waals surface area (Å²) in [6.07, 6.45) is 2.14. The van der Waals surface area contributed by atoms with Gasteiger partial charge in [-0.1, -0.05) is 42.5 Å². The Morgan fingerprint density at radius 3 is 2.85 bits per heavy atom. The fraction of sp³-hybridized carbons (Fsp3) is 0.238. The van der Waals surface area contributed by atoms with Gasteiger partial charge in [-0.3, -0.25) is 9.59 Å². The molecule has 1 fully saturated rings. The smallest absolute Gasteiger partial charge is 0.267 e. The van der Waals surface area contributed by atoms with Crippen molar-refractivity contribution in [3.05, 3.63) is 71.5 Å². The Balaban J connectivity index is 1.45. The van der Waals surface area contributed by atoms with Crippen LogP contribution >= 0.6 is 0 Å². The molecular weight excluding hydrogens is 326 g/mol. The van der Waals surface area contributed by atoms with Gasteiger partial charge in [0.2, 0.25) is 5.91 Å². The third-order valence-electron chi connectivity index (χ3n) is 4.86. The maximum Gasteiger partial charge on any atom is 0.267 e. The van der Waals surface area contributed by atoms with Crippen LogP contribution in [-0.2, 0) is 11.3 Å². The van der Waals surface area contributed by atoms with Crippen LogP contribution in [0.2, 0.25) is 0 Å². The van der Waals surface area contributed by atoms with Crippen LogP contribution in [0.5, 0.6) is 0 Å². The number of likely N-dealkylation sites (tertiary alicyclic amines) is 1. The number of benzene rings is 2. The average molecular weight is 347 g/mol. The van der Waals surface area contributed by atoms with E-state index in [1.54, 1.807) is 12.3 Å². The van der Waals surface area contributed by atoms with Gasteiger partial charge in [-0.05, 0) is 34.9 Å². The van der Waals surface area contributed by atoms with Crippen LogP contribution in [0.1, 0.15) is 28.0 Å². The monoisotopic (exact) mass is 347 g/mol. The molecule has 0 bridgehead atoms. The molecule has 0 saturated carbocycles. The Labute approximate surface area is 152 Å². The summed E-state index contributed by atoms with van der Waals surface area (Å²) in [5.74, 6) is -0.0891. The first kappa shape index (κ1) is 16.4. The van der Waals surface area contributed by atoms with Crippen LogP contribution in [0.15, 0.2) is 54.7 Å². The number of carbonyl (C=O) groups is 2. The number of carbonyl (C=O) groups excluding carboxylic acids is 2. The highest BCUT2D eigenvalue weighted by Crippen LogP contribution is 2.22. The molecular formula is C21H21N3O2. The lowest BCUT2D eigenvalue weighted by Crippen LogP contribution is -2.37. The molecule has 1 saturated heterocycles. The Kier molecular flexibility index (Phi) is 4.21. The highest BCUT2D eigenvalue weighted by atomic mass is 16.2. The molecule has 1 aromatic heterocycles. The van der Waals surface area contributed by atoms with E-state index in [9.17, 15) is 9.59 Å². The van der Waals surface area contributed by atoms with Gasteiger partial charge >= 0.3 is 0 Å². The zero-order valence-electron chi connectivity index (χ0n) is 14.7. The van der Waals surface area contributed by atoms with E-state index in [0.717, 1.165) is 16.5 Å². The third-order valence-corrected chi connectivity index (χ3v) is 4.86. The first-order valence-electron chi connectivity index (χ1n) is 8.80. The average Bonchev–Trinajstić information content (AvgIpc) is 3.21. The van der Waals surface area contributed by atoms with Crippen LogP contribution in [0.25, 0.3) is 10.8 Å². The third kappa shape index (κ3) is 3.20. The fourth-order valence-electron chi connectivity index (χ4n) is 3.55. The highest BCUT2D eigenvalue weighted by Gasteiger charge is 2.31. The largest absolute Gasteiger partial charge is 0.357 e. The van der Waals surface area contributed by atoms with Crippen LogP contribution in [0.4, 0.5) is 0 Å². The van der Waals surface area contributed by atoms with E-state index in [0.29, 0.717) is 25.2 Å². The minimum atomic E-state index is -0.164. The zero-order valence-corrected chi connectivity index (χ0v) is 14.7. The van der Waals surface area contributed by atoms with Gasteiger partial charge in [-0.15, -0.1) is 0 Å². The number of rotatable bonds is 4. The van der Waals surface area contributed by atoms with Gasteiger partial charge in [0.25, 0.3) is 5.91 Å². The second-order valence-electron chi connectivity index (χ2n) is 6.88. The predicted octanol–water partition coefficient (Wildman–Crippen LogP) is 3.01. The van der Waals surface area contributed by atoms with Gasteiger partial charge < -0.3 is 15.2 Å². The standard InChI is InChI=1S/C21H21N3O2/c1-14-9-19(22-11-14)21(26)23-17-10-20(25)24(13-17)12-16-7-4-6-15-5-2-3-8-18(15)16/h2-9,11,17,22H,10,12-13H2,1H3,(H,23,26)/t17-/m1/s1. The van der Waals surface area contributed by atoms with Gasteiger partial charge in [0.1, 0.15) is 5.69 Å². The molecule has 5 nitrogen and oxygen atoms in total. The van der Waals surface area contributed by atoms with E-state index in [-0.39, 0.29) is 17.9 Å². The maximum atomic E-state index is 12.4. The minimum absolute atomic E-state index is 0.0749. The number of nitrogens with one attached hydrogen (secondary N) is 2. The van der Waals surface area contributed by atoms with Gasteiger partial charge in [-0.25, -0.2) is 0 Å². The van der Waals surface area contributed by atoms with Crippen LogP contribution in [0.3, 0.4) is 0 Å². The van der Waals surface area contributed by atoms with E-state index in [4.69, 9.17) is 0 Å². The van der Waals surface area contributed by atoms with Crippen molar-refractivity contribution in [3.63, 3.8) is 0 Å². The van der Waals surface area contributed by atoms with Gasteiger partial charge in [0, 0.05) is 25.7 Å². The fourth-order valence-corrected chi connectivity index (χ4v) is 3.55. The number of aromatic amines is 1. The summed E-state index contributed by atoms with van der Waals surface area (Å²) in [5.41, 5.74) is 2.67. The van der Waals surface area contributed by atoms with Crippen molar-refractivity contribution in [3.8, 4) is 0 Å². The summed E-state index contributed by atoms with van der Waals surface area (Å²) in [6.45, 7) is 3.03. The molecule has 2 N–H and O–H groups in total. The molecule has 1 aliphatic rings. The van der Waals surface area contributed by atoms with Crippen molar-refractivity contribution in [2.45, 2.75) is 25.9 Å². The lowest BCUT2D eigenvalue weighted by molar-refractivity contribution is -0.128. The first-order chi connectivity index (χ1) is 12.6. The number of aryl methyl sites for hydroxylation is 1. The van der Waals surface area contributed by atoms with Crippen LogP contribution in [0, 0.1) is 6.92 Å². The zero-order chi connectivity index (χ0) is 18.1. The summed E-state index contributed by atoms with van der Waals surface area (Å²) >= 11 is 0. The van der Waals surface area contributed by atoms with E-state index in [2.05, 4.69) is 34.6 Å². The van der Waals surface area contributed by atoms with Crippen molar-refractivity contribution >= 4 is 22.6 Å². The number of amides is 2. The van der Waals surface area contributed by atoms with Crippen molar-refractivity contribution in [1.29, 1.82) is 0 Å². The molecule has 2 aromatic carbocycles. The van der Waals surface area contributed by atoms with Crippen molar-refractivity contribution < 1.29 is 9.59 Å². The topological polar surface area (TPSA) is 65.2 Å². The number of nitrogens with zero attached hydrogens (tertiary/aromatic N) is 1. The summed E-state index contributed by atoms with van der Waals surface area (Å²) in [7, 11) is 0. The molecule has 0 radical (unpaired) electrons. The number of hydrogen-bond donors (Lipinski definition) is 2. The normalized spacial score (nSPS) is 17.0. The number of aromatic nitrogens is 1. The second-order valence-corrected chi connectivity index (χ2v) is 6.88. The lowest BCUT2D eigenvalue weighted by atomic mass is 10.0. The minimum Gasteiger partial charge on any atom is -0.357 e. The first-order valence-corrected chi connectivity index (χ1v) is 8.80. The molecule has 26 heavy (non-hydrogen) atoms. The van der Waals surface area contributed by atoms with E-state index < -0.39 is 0 Å². The number of H-pyrrole nitrogens is 1. The Hall–Kier alpha value is -3.08. The van der Waals surface area contributed by atoms with E-state index in [1.165, 1.54) is 5.39 Å². The Morgan fingerprint density at radius 2 is 2.04 bits per heavy atom. The lowest BCUT2D eigenvalue weighted by Gasteiger charge is -2.18. The van der Waals surface area contributed by atoms with Crippen molar-refractivity contribution in [2.24, 2.45) is 0 Å². The maximum absolute atomic E-state index is 12.4. The highest BCUT2D eigenvalue weighted by molar-refractivity contribution is 5.93. The van der Waals surface area contributed by atoms with Crippen LogP contribution in [-0.4, -0.2) is 34.3 Å². The van der Waals surface area contributed by atoms with Crippen molar-refractivity contribution in [2.75, 3.05) is 6.54 Å².